The first-order chi connectivity index (χ1) is 15.9. The fourth-order valence-electron chi connectivity index (χ4n) is 5.50. The Morgan fingerprint density at radius 3 is 2.06 bits per heavy atom. The van der Waals surface area contributed by atoms with E-state index in [2.05, 4.69) is 126 Å². The van der Waals surface area contributed by atoms with Crippen LogP contribution in [-0.2, 0) is 0 Å². The van der Waals surface area contributed by atoms with Gasteiger partial charge in [-0.1, -0.05) is 115 Å². The SMILES string of the molecule is c1ccc(B2c3cc(-c4ccccc4)ccc3-n3c4ccccc4c4cccc2c43)cc1. The van der Waals surface area contributed by atoms with E-state index < -0.39 is 0 Å². The maximum Gasteiger partial charge on any atom is 0.246 e. The van der Waals surface area contributed by atoms with Crippen molar-refractivity contribution in [2.24, 2.45) is 0 Å². The molecule has 0 atom stereocenters. The van der Waals surface area contributed by atoms with Crippen LogP contribution in [0.4, 0.5) is 0 Å². The van der Waals surface area contributed by atoms with Gasteiger partial charge in [-0.3, -0.25) is 0 Å². The van der Waals surface area contributed by atoms with E-state index in [4.69, 9.17) is 0 Å². The first kappa shape index (κ1) is 17.6. The second-order valence-electron chi connectivity index (χ2n) is 8.58. The summed E-state index contributed by atoms with van der Waals surface area (Å²) in [5.74, 6) is 0. The number of hydrogen-bond acceptors (Lipinski definition) is 0. The van der Waals surface area contributed by atoms with Gasteiger partial charge in [0.05, 0.1) is 5.52 Å². The molecule has 7 rings (SSSR count). The predicted octanol–water partition coefficient (Wildman–Crippen LogP) is 5.28. The van der Waals surface area contributed by atoms with Crippen molar-refractivity contribution in [3.8, 4) is 16.8 Å². The molecule has 2 heteroatoms. The Morgan fingerprint density at radius 2 is 1.22 bits per heavy atom. The minimum atomic E-state index is 0.204. The van der Waals surface area contributed by atoms with Crippen molar-refractivity contribution in [3.63, 3.8) is 0 Å². The molecule has 6 aromatic rings. The first-order valence-electron chi connectivity index (χ1n) is 11.2. The lowest BCUT2D eigenvalue weighted by molar-refractivity contribution is 1.19. The Morgan fingerprint density at radius 1 is 0.500 bits per heavy atom. The average molecular weight is 405 g/mol. The van der Waals surface area contributed by atoms with Gasteiger partial charge >= 0.3 is 0 Å². The summed E-state index contributed by atoms with van der Waals surface area (Å²) in [6.45, 7) is 0.204. The number of benzene rings is 5. The number of rotatable bonds is 2. The highest BCUT2D eigenvalue weighted by atomic mass is 15.0. The lowest BCUT2D eigenvalue weighted by Gasteiger charge is -2.27. The highest BCUT2D eigenvalue weighted by molar-refractivity contribution is 6.98. The molecule has 5 aromatic carbocycles. The normalized spacial score (nSPS) is 12.3. The Bertz CT molecular complexity index is 1610. The summed E-state index contributed by atoms with van der Waals surface area (Å²) in [6, 6.07) is 44.2. The number of fused-ring (bicyclic) bond motifs is 5. The molecule has 1 aromatic heterocycles. The lowest BCUT2D eigenvalue weighted by Crippen LogP contribution is -2.55. The molecule has 1 aliphatic heterocycles. The van der Waals surface area contributed by atoms with Crippen LogP contribution in [0.1, 0.15) is 0 Å². The van der Waals surface area contributed by atoms with Crippen LogP contribution in [0.15, 0.2) is 121 Å². The zero-order chi connectivity index (χ0) is 21.1. The van der Waals surface area contributed by atoms with Gasteiger partial charge in [0.15, 0.2) is 0 Å². The van der Waals surface area contributed by atoms with E-state index in [-0.39, 0.29) is 6.71 Å². The fraction of sp³-hybridized carbons (Fsp3) is 0. The van der Waals surface area contributed by atoms with Crippen molar-refractivity contribution in [1.82, 2.24) is 4.57 Å². The van der Waals surface area contributed by atoms with Crippen LogP contribution in [-0.4, -0.2) is 11.3 Å². The number of para-hydroxylation sites is 2. The topological polar surface area (TPSA) is 4.93 Å². The molecule has 0 spiro atoms. The van der Waals surface area contributed by atoms with Crippen LogP contribution in [0, 0.1) is 0 Å². The third-order valence-electron chi connectivity index (χ3n) is 6.86. The quantitative estimate of drug-likeness (QED) is 0.345. The molecule has 0 saturated heterocycles. The predicted molar refractivity (Wildman–Crippen MR) is 137 cm³/mol. The van der Waals surface area contributed by atoms with E-state index >= 15 is 0 Å². The molecule has 0 radical (unpaired) electrons. The molecule has 0 N–H and O–H groups in total. The molecular weight excluding hydrogens is 385 g/mol. The van der Waals surface area contributed by atoms with E-state index in [1.54, 1.807) is 0 Å². The largest absolute Gasteiger partial charge is 0.310 e. The van der Waals surface area contributed by atoms with Crippen molar-refractivity contribution >= 4 is 44.9 Å². The Balaban J connectivity index is 1.62. The molecule has 148 valence electrons. The van der Waals surface area contributed by atoms with Gasteiger partial charge in [0, 0.05) is 22.0 Å². The molecule has 0 unspecified atom stereocenters. The van der Waals surface area contributed by atoms with Crippen LogP contribution in [0.2, 0.25) is 0 Å². The van der Waals surface area contributed by atoms with E-state index in [0.717, 1.165) is 0 Å². The Hall–Kier alpha value is -4.04. The van der Waals surface area contributed by atoms with Gasteiger partial charge in [0.2, 0.25) is 6.71 Å². The molecule has 1 nitrogen and oxygen atoms in total. The standard InChI is InChI=1S/C30H20BN/c1-3-10-21(11-4-1)22-18-19-29-27(20-22)31(23-12-5-2-6-13-23)26-16-9-15-25-24-14-7-8-17-28(24)32(29)30(25)26/h1-20H. The third kappa shape index (κ3) is 2.41. The molecule has 0 amide bonds. The second kappa shape index (κ2) is 6.73. The molecule has 0 aliphatic carbocycles. The fourth-order valence-corrected chi connectivity index (χ4v) is 5.50. The number of aromatic nitrogens is 1. The monoisotopic (exact) mass is 405 g/mol. The third-order valence-corrected chi connectivity index (χ3v) is 6.86. The highest BCUT2D eigenvalue weighted by Gasteiger charge is 2.33. The van der Waals surface area contributed by atoms with E-state index in [1.165, 1.54) is 55.0 Å². The number of nitrogens with zero attached hydrogens (tertiary/aromatic N) is 1. The summed E-state index contributed by atoms with van der Waals surface area (Å²) in [5, 5.41) is 2.65. The van der Waals surface area contributed by atoms with Gasteiger partial charge in [0.25, 0.3) is 0 Å². The molecule has 0 bridgehead atoms. The van der Waals surface area contributed by atoms with Crippen molar-refractivity contribution in [2.45, 2.75) is 0 Å². The summed E-state index contributed by atoms with van der Waals surface area (Å²) in [6.07, 6.45) is 0. The molecular formula is C30H20BN. The van der Waals surface area contributed by atoms with Crippen molar-refractivity contribution in [1.29, 1.82) is 0 Å². The zero-order valence-electron chi connectivity index (χ0n) is 17.6. The minimum absolute atomic E-state index is 0.204. The molecule has 1 aliphatic rings. The van der Waals surface area contributed by atoms with Gasteiger partial charge in [-0.15, -0.1) is 0 Å². The van der Waals surface area contributed by atoms with Crippen LogP contribution in [0.3, 0.4) is 0 Å². The summed E-state index contributed by atoms with van der Waals surface area (Å²) >= 11 is 0. The van der Waals surface area contributed by atoms with Crippen molar-refractivity contribution < 1.29 is 0 Å². The summed E-state index contributed by atoms with van der Waals surface area (Å²) in [4.78, 5) is 0. The Labute approximate surface area is 187 Å². The maximum atomic E-state index is 2.48. The van der Waals surface area contributed by atoms with Gasteiger partial charge in [-0.2, -0.15) is 0 Å². The smallest absolute Gasteiger partial charge is 0.246 e. The van der Waals surface area contributed by atoms with Crippen LogP contribution >= 0.6 is 0 Å². The number of hydrogen-bond donors (Lipinski definition) is 0. The first-order valence-corrected chi connectivity index (χ1v) is 11.2. The maximum absolute atomic E-state index is 2.48. The summed E-state index contributed by atoms with van der Waals surface area (Å²) < 4.78 is 2.48. The van der Waals surface area contributed by atoms with Gasteiger partial charge in [0.1, 0.15) is 0 Å². The molecule has 0 saturated carbocycles. The molecule has 32 heavy (non-hydrogen) atoms. The van der Waals surface area contributed by atoms with Gasteiger partial charge in [-0.25, -0.2) is 0 Å². The van der Waals surface area contributed by atoms with E-state index in [9.17, 15) is 0 Å². The Kier molecular flexibility index (Phi) is 3.71. The molecule has 2 heterocycles. The second-order valence-corrected chi connectivity index (χ2v) is 8.58. The summed E-state index contributed by atoms with van der Waals surface area (Å²) in [7, 11) is 0. The van der Waals surface area contributed by atoms with Crippen LogP contribution in [0.5, 0.6) is 0 Å². The van der Waals surface area contributed by atoms with Crippen molar-refractivity contribution in [2.75, 3.05) is 0 Å². The lowest BCUT2D eigenvalue weighted by atomic mass is 9.35. The highest BCUT2D eigenvalue weighted by Crippen LogP contribution is 2.33. The van der Waals surface area contributed by atoms with E-state index in [1.807, 2.05) is 0 Å². The average Bonchev–Trinajstić information content (AvgIpc) is 3.21. The van der Waals surface area contributed by atoms with Gasteiger partial charge in [-0.05, 0) is 34.2 Å². The van der Waals surface area contributed by atoms with Crippen molar-refractivity contribution in [3.05, 3.63) is 121 Å². The minimum Gasteiger partial charge on any atom is -0.310 e. The van der Waals surface area contributed by atoms with E-state index in [0.29, 0.717) is 0 Å². The van der Waals surface area contributed by atoms with Gasteiger partial charge < -0.3 is 4.57 Å². The van der Waals surface area contributed by atoms with Crippen LogP contribution < -0.4 is 16.4 Å². The summed E-state index contributed by atoms with van der Waals surface area (Å²) in [5.41, 5.74) is 10.5. The molecule has 0 fully saturated rings. The zero-order valence-corrected chi connectivity index (χ0v) is 17.6. The van der Waals surface area contributed by atoms with Crippen LogP contribution in [0.25, 0.3) is 38.6 Å².